The number of rotatable bonds is 2. The van der Waals surface area contributed by atoms with Crippen LogP contribution in [-0.4, -0.2) is 52.4 Å². The van der Waals surface area contributed by atoms with E-state index >= 15 is 0 Å². The number of amides is 1. The van der Waals surface area contributed by atoms with Crippen molar-refractivity contribution in [2.24, 2.45) is 5.92 Å². The summed E-state index contributed by atoms with van der Waals surface area (Å²) in [6, 6.07) is 4.47. The van der Waals surface area contributed by atoms with E-state index < -0.39 is 5.60 Å². The number of piperazine rings is 1. The number of ether oxygens (including phenoxy) is 1. The Labute approximate surface area is 186 Å². The van der Waals surface area contributed by atoms with Crippen molar-refractivity contribution in [3.05, 3.63) is 30.1 Å². The van der Waals surface area contributed by atoms with Crippen LogP contribution in [0.2, 0.25) is 0 Å². The molecule has 0 radical (unpaired) electrons. The number of fused-ring (bicyclic) bond motifs is 1. The predicted molar refractivity (Wildman–Crippen MR) is 125 cm³/mol. The molecule has 1 aliphatic heterocycles. The summed E-state index contributed by atoms with van der Waals surface area (Å²) in [5.41, 5.74) is 3.37. The third kappa shape index (κ3) is 5.34. The zero-order chi connectivity index (χ0) is 22.0. The van der Waals surface area contributed by atoms with Gasteiger partial charge in [0.15, 0.2) is 0 Å². The Kier molecular flexibility index (Phi) is 6.44. The Morgan fingerprint density at radius 1 is 1.06 bits per heavy atom. The fourth-order valence-corrected chi connectivity index (χ4v) is 5.01. The molecule has 0 N–H and O–H groups in total. The molecule has 1 aliphatic carbocycles. The van der Waals surface area contributed by atoms with Crippen molar-refractivity contribution in [2.45, 2.75) is 77.7 Å². The normalized spacial score (nSPS) is 23.5. The van der Waals surface area contributed by atoms with Crippen molar-refractivity contribution in [1.82, 2.24) is 14.5 Å². The van der Waals surface area contributed by atoms with E-state index in [0.29, 0.717) is 19.0 Å². The molecule has 31 heavy (non-hydrogen) atoms. The Bertz CT molecular complexity index is 883. The van der Waals surface area contributed by atoms with Crippen molar-refractivity contribution in [2.75, 3.05) is 31.1 Å². The first-order valence-corrected chi connectivity index (χ1v) is 12.0. The van der Waals surface area contributed by atoms with Crippen molar-refractivity contribution >= 4 is 17.3 Å². The Hall–Kier alpha value is -2.24. The van der Waals surface area contributed by atoms with Crippen LogP contribution < -0.4 is 4.90 Å². The largest absolute Gasteiger partial charge is 0.444 e. The molecule has 0 bridgehead atoms. The zero-order valence-electron chi connectivity index (χ0n) is 19.6. The molecule has 1 saturated carbocycles. The van der Waals surface area contributed by atoms with Gasteiger partial charge >= 0.3 is 6.09 Å². The van der Waals surface area contributed by atoms with Gasteiger partial charge in [-0.3, -0.25) is 0 Å². The third-order valence-corrected chi connectivity index (χ3v) is 6.75. The van der Waals surface area contributed by atoms with Gasteiger partial charge < -0.3 is 14.5 Å². The van der Waals surface area contributed by atoms with Crippen LogP contribution in [0.1, 0.15) is 77.7 Å². The number of carbonyl (C=O) groups is 1. The van der Waals surface area contributed by atoms with E-state index in [1.165, 1.54) is 55.3 Å². The number of hydrogen-bond acceptors (Lipinski definition) is 4. The fraction of sp³-hybridized carbons (Fsp3) is 0.680. The van der Waals surface area contributed by atoms with Gasteiger partial charge in [-0.1, -0.05) is 32.6 Å². The summed E-state index contributed by atoms with van der Waals surface area (Å²) in [7, 11) is 0. The fourth-order valence-electron chi connectivity index (χ4n) is 5.01. The molecule has 0 spiro atoms. The minimum absolute atomic E-state index is 0.212. The van der Waals surface area contributed by atoms with Crippen LogP contribution in [0.3, 0.4) is 0 Å². The second kappa shape index (κ2) is 9.09. The molecule has 0 unspecified atom stereocenters. The molecule has 6 nitrogen and oxygen atoms in total. The molecule has 1 amide bonds. The molecule has 2 aromatic rings. The van der Waals surface area contributed by atoms with Gasteiger partial charge in [0.2, 0.25) is 0 Å². The van der Waals surface area contributed by atoms with Crippen LogP contribution in [0.15, 0.2) is 24.5 Å². The van der Waals surface area contributed by atoms with Gasteiger partial charge in [0.05, 0.1) is 11.2 Å². The lowest BCUT2D eigenvalue weighted by molar-refractivity contribution is 0.0240. The summed E-state index contributed by atoms with van der Waals surface area (Å²) in [5, 5.41) is 4.60. The summed E-state index contributed by atoms with van der Waals surface area (Å²) < 4.78 is 7.59. The second-order valence-electron chi connectivity index (χ2n) is 10.4. The highest BCUT2D eigenvalue weighted by molar-refractivity contribution is 5.74. The summed E-state index contributed by atoms with van der Waals surface area (Å²) in [6.45, 7) is 11.1. The first kappa shape index (κ1) is 22.0. The van der Waals surface area contributed by atoms with E-state index in [0.717, 1.165) is 19.0 Å². The maximum absolute atomic E-state index is 12.4. The smallest absolute Gasteiger partial charge is 0.410 e. The van der Waals surface area contributed by atoms with Gasteiger partial charge in [0.25, 0.3) is 0 Å². The van der Waals surface area contributed by atoms with Crippen molar-refractivity contribution in [3.8, 4) is 0 Å². The minimum atomic E-state index is -0.455. The van der Waals surface area contributed by atoms with Gasteiger partial charge in [0.1, 0.15) is 5.60 Å². The van der Waals surface area contributed by atoms with Gasteiger partial charge in [-0.15, -0.1) is 0 Å². The molecule has 2 fully saturated rings. The van der Waals surface area contributed by atoms with E-state index in [4.69, 9.17) is 4.74 Å². The van der Waals surface area contributed by atoms with Crippen LogP contribution >= 0.6 is 0 Å². The van der Waals surface area contributed by atoms with E-state index in [2.05, 4.69) is 35.3 Å². The quantitative estimate of drug-likeness (QED) is 0.639. The maximum atomic E-state index is 12.4. The standard InChI is InChI=1S/C25H38N4O2/c1-19-7-5-9-20(10-6-8-19)21-17-23-22(11-12-26-29(23)18-21)27-13-15-28(16-14-27)24(30)31-25(2,3)4/h11-12,17-20H,5-10,13-16H2,1-4H3. The SMILES string of the molecule is CC1CCCC(c2cc3c(N4CCN(C(=O)OC(C)(C)C)CC4)ccnn3c2)CCC1. The van der Waals surface area contributed by atoms with E-state index in [1.54, 1.807) is 0 Å². The number of carbonyl (C=O) groups excluding carboxylic acids is 1. The first-order valence-electron chi connectivity index (χ1n) is 12.0. The van der Waals surface area contributed by atoms with Crippen molar-refractivity contribution < 1.29 is 9.53 Å². The van der Waals surface area contributed by atoms with Crippen LogP contribution in [0.5, 0.6) is 0 Å². The lowest BCUT2D eigenvalue weighted by Gasteiger charge is -2.36. The molecule has 6 heteroatoms. The summed E-state index contributed by atoms with van der Waals surface area (Å²) >= 11 is 0. The number of nitrogens with zero attached hydrogens (tertiary/aromatic N) is 4. The van der Waals surface area contributed by atoms with E-state index in [-0.39, 0.29) is 6.09 Å². The predicted octanol–water partition coefficient (Wildman–Crippen LogP) is 5.47. The second-order valence-corrected chi connectivity index (χ2v) is 10.4. The summed E-state index contributed by atoms with van der Waals surface area (Å²) in [4.78, 5) is 16.6. The maximum Gasteiger partial charge on any atom is 0.410 e. The van der Waals surface area contributed by atoms with E-state index in [9.17, 15) is 4.79 Å². The number of anilines is 1. The lowest BCUT2D eigenvalue weighted by atomic mass is 9.84. The molecular weight excluding hydrogens is 388 g/mol. The minimum Gasteiger partial charge on any atom is -0.444 e. The molecule has 0 aromatic carbocycles. The highest BCUT2D eigenvalue weighted by atomic mass is 16.6. The Balaban J connectivity index is 1.46. The highest BCUT2D eigenvalue weighted by Gasteiger charge is 2.27. The molecule has 170 valence electrons. The Morgan fingerprint density at radius 2 is 1.74 bits per heavy atom. The van der Waals surface area contributed by atoms with Crippen molar-refractivity contribution in [3.63, 3.8) is 0 Å². The van der Waals surface area contributed by atoms with Crippen LogP contribution in [0.4, 0.5) is 10.5 Å². The zero-order valence-corrected chi connectivity index (χ0v) is 19.6. The van der Waals surface area contributed by atoms with E-state index in [1.807, 2.05) is 36.4 Å². The van der Waals surface area contributed by atoms with Gasteiger partial charge in [-0.05, 0) is 63.1 Å². The third-order valence-electron chi connectivity index (χ3n) is 6.75. The van der Waals surface area contributed by atoms with Gasteiger partial charge in [-0.2, -0.15) is 5.10 Å². The molecule has 3 heterocycles. The Morgan fingerprint density at radius 3 is 2.39 bits per heavy atom. The van der Waals surface area contributed by atoms with Crippen LogP contribution in [0.25, 0.3) is 5.52 Å². The monoisotopic (exact) mass is 426 g/mol. The summed E-state index contributed by atoms with van der Waals surface area (Å²) in [5.74, 6) is 1.52. The lowest BCUT2D eigenvalue weighted by Crippen LogP contribution is -2.50. The van der Waals surface area contributed by atoms with Crippen LogP contribution in [0, 0.1) is 5.92 Å². The highest BCUT2D eigenvalue weighted by Crippen LogP contribution is 2.35. The van der Waals surface area contributed by atoms with Crippen LogP contribution in [-0.2, 0) is 4.74 Å². The van der Waals surface area contributed by atoms with Gasteiger partial charge in [-0.25, -0.2) is 9.31 Å². The number of hydrogen-bond donors (Lipinski definition) is 0. The molecule has 0 atom stereocenters. The topological polar surface area (TPSA) is 50.1 Å². The molecule has 1 saturated heterocycles. The molecule has 4 rings (SSSR count). The van der Waals surface area contributed by atoms with Crippen molar-refractivity contribution in [1.29, 1.82) is 0 Å². The average molecular weight is 427 g/mol. The summed E-state index contributed by atoms with van der Waals surface area (Å²) in [6.07, 6.45) is 11.9. The molecular formula is C25H38N4O2. The first-order chi connectivity index (χ1) is 14.8. The van der Waals surface area contributed by atoms with Gasteiger partial charge in [0, 0.05) is 38.6 Å². The molecule has 2 aromatic heterocycles. The molecule has 2 aliphatic rings. The number of aromatic nitrogens is 2. The average Bonchev–Trinajstić information content (AvgIpc) is 3.13.